The molecular formula is C14H24N4O3. The van der Waals surface area contributed by atoms with Gasteiger partial charge in [0, 0.05) is 37.9 Å². The van der Waals surface area contributed by atoms with Crippen LogP contribution in [-0.4, -0.2) is 39.7 Å². The van der Waals surface area contributed by atoms with Crippen LogP contribution < -0.4 is 10.6 Å². The molecule has 1 atom stereocenters. The summed E-state index contributed by atoms with van der Waals surface area (Å²) in [6, 6.07) is -0.00627. The van der Waals surface area contributed by atoms with E-state index in [0.29, 0.717) is 6.54 Å². The van der Waals surface area contributed by atoms with Crippen LogP contribution in [0.3, 0.4) is 0 Å². The summed E-state index contributed by atoms with van der Waals surface area (Å²) in [4.78, 5) is 27.1. The summed E-state index contributed by atoms with van der Waals surface area (Å²) < 4.78 is 6.97. The average Bonchev–Trinajstić information content (AvgIpc) is 2.78. The topological polar surface area (TPSA) is 85.3 Å². The van der Waals surface area contributed by atoms with E-state index in [-0.39, 0.29) is 24.9 Å². The first kappa shape index (κ1) is 17.0. The highest BCUT2D eigenvalue weighted by molar-refractivity contribution is 5.77. The zero-order chi connectivity index (χ0) is 15.9. The van der Waals surface area contributed by atoms with Gasteiger partial charge in [-0.3, -0.25) is 4.79 Å². The third-order valence-corrected chi connectivity index (χ3v) is 2.47. The van der Waals surface area contributed by atoms with Gasteiger partial charge in [0.15, 0.2) is 0 Å². The highest BCUT2D eigenvalue weighted by Crippen LogP contribution is 2.06. The highest BCUT2D eigenvalue weighted by atomic mass is 16.6. The lowest BCUT2D eigenvalue weighted by Gasteiger charge is -2.19. The Morgan fingerprint density at radius 3 is 2.67 bits per heavy atom. The molecule has 1 heterocycles. The van der Waals surface area contributed by atoms with Crippen molar-refractivity contribution < 1.29 is 14.3 Å². The smallest absolute Gasteiger partial charge is 0.407 e. The largest absolute Gasteiger partial charge is 0.444 e. The van der Waals surface area contributed by atoms with Gasteiger partial charge in [0.05, 0.1) is 6.33 Å². The lowest BCUT2D eigenvalue weighted by molar-refractivity contribution is -0.121. The second kappa shape index (κ2) is 7.66. The first-order valence-corrected chi connectivity index (χ1v) is 6.98. The van der Waals surface area contributed by atoms with Crippen molar-refractivity contribution >= 4 is 12.0 Å². The van der Waals surface area contributed by atoms with Crippen LogP contribution in [0.25, 0.3) is 0 Å². The Morgan fingerprint density at radius 2 is 2.10 bits per heavy atom. The molecule has 0 aliphatic heterocycles. The van der Waals surface area contributed by atoms with Crippen molar-refractivity contribution in [1.82, 2.24) is 20.2 Å². The number of nitrogens with one attached hydrogen (secondary N) is 2. The minimum Gasteiger partial charge on any atom is -0.444 e. The van der Waals surface area contributed by atoms with Crippen LogP contribution in [0.4, 0.5) is 4.79 Å². The molecule has 2 N–H and O–H groups in total. The molecule has 2 amide bonds. The number of ether oxygens (including phenoxy) is 1. The minimum absolute atomic E-state index is 0.00627. The molecule has 1 aromatic rings. The summed E-state index contributed by atoms with van der Waals surface area (Å²) in [6.45, 7) is 8.19. The van der Waals surface area contributed by atoms with Gasteiger partial charge in [-0.05, 0) is 27.7 Å². The molecule has 0 radical (unpaired) electrons. The Labute approximate surface area is 125 Å². The van der Waals surface area contributed by atoms with E-state index >= 15 is 0 Å². The van der Waals surface area contributed by atoms with E-state index in [9.17, 15) is 9.59 Å². The third kappa shape index (κ3) is 7.96. The summed E-state index contributed by atoms with van der Waals surface area (Å²) >= 11 is 0. The molecule has 21 heavy (non-hydrogen) atoms. The number of alkyl carbamates (subject to hydrolysis) is 1. The quantitative estimate of drug-likeness (QED) is 0.828. The number of aromatic nitrogens is 2. The lowest BCUT2D eigenvalue weighted by atomic mass is 10.2. The molecule has 1 unspecified atom stereocenters. The van der Waals surface area contributed by atoms with Gasteiger partial charge in [0.1, 0.15) is 5.60 Å². The molecule has 1 rings (SSSR count). The van der Waals surface area contributed by atoms with Crippen LogP contribution in [0.1, 0.15) is 34.1 Å². The van der Waals surface area contributed by atoms with E-state index < -0.39 is 11.7 Å². The van der Waals surface area contributed by atoms with Crippen molar-refractivity contribution in [1.29, 1.82) is 0 Å². The van der Waals surface area contributed by atoms with E-state index in [0.717, 1.165) is 0 Å². The number of hydrogen-bond donors (Lipinski definition) is 2. The summed E-state index contributed by atoms with van der Waals surface area (Å²) in [6.07, 6.45) is 4.94. The Morgan fingerprint density at radius 1 is 1.38 bits per heavy atom. The predicted molar refractivity (Wildman–Crippen MR) is 78.7 cm³/mol. The number of nitrogens with zero attached hydrogens (tertiary/aromatic N) is 2. The molecule has 0 saturated heterocycles. The van der Waals surface area contributed by atoms with Gasteiger partial charge in [-0.1, -0.05) is 0 Å². The molecule has 118 valence electrons. The SMILES string of the molecule is CC(Cn1ccnc1)NC(=O)CCNC(=O)OC(C)(C)C. The van der Waals surface area contributed by atoms with E-state index in [1.807, 2.05) is 17.7 Å². The molecule has 0 fully saturated rings. The van der Waals surface area contributed by atoms with Gasteiger partial charge >= 0.3 is 6.09 Å². The number of carbonyl (C=O) groups excluding carboxylic acids is 2. The van der Waals surface area contributed by atoms with Crippen molar-refractivity contribution in [3.05, 3.63) is 18.7 Å². The van der Waals surface area contributed by atoms with Gasteiger partial charge < -0.3 is 19.9 Å². The number of carbonyl (C=O) groups is 2. The van der Waals surface area contributed by atoms with Crippen molar-refractivity contribution in [2.24, 2.45) is 0 Å². The van der Waals surface area contributed by atoms with Crippen molar-refractivity contribution in [2.45, 2.75) is 52.3 Å². The minimum atomic E-state index is -0.536. The number of amides is 2. The summed E-state index contributed by atoms with van der Waals surface area (Å²) in [5.41, 5.74) is -0.536. The number of hydrogen-bond acceptors (Lipinski definition) is 4. The third-order valence-electron chi connectivity index (χ3n) is 2.47. The molecule has 1 aromatic heterocycles. The van der Waals surface area contributed by atoms with Crippen molar-refractivity contribution in [3.63, 3.8) is 0 Å². The van der Waals surface area contributed by atoms with Crippen LogP contribution in [0.5, 0.6) is 0 Å². The van der Waals surface area contributed by atoms with Crippen LogP contribution in [0.2, 0.25) is 0 Å². The molecule has 0 aliphatic rings. The summed E-state index contributed by atoms with van der Waals surface area (Å²) in [5.74, 6) is -0.112. The van der Waals surface area contributed by atoms with Crippen LogP contribution in [0, 0.1) is 0 Å². The lowest BCUT2D eigenvalue weighted by Crippen LogP contribution is -2.38. The van der Waals surface area contributed by atoms with E-state index in [2.05, 4.69) is 15.6 Å². The van der Waals surface area contributed by atoms with Gasteiger partial charge in [0.2, 0.25) is 5.91 Å². The molecule has 7 heteroatoms. The Hall–Kier alpha value is -2.05. The van der Waals surface area contributed by atoms with Gasteiger partial charge in [-0.2, -0.15) is 0 Å². The Balaban J connectivity index is 2.17. The van der Waals surface area contributed by atoms with Crippen molar-refractivity contribution in [2.75, 3.05) is 6.54 Å². The fraction of sp³-hybridized carbons (Fsp3) is 0.643. The molecule has 0 saturated carbocycles. The second-order valence-electron chi connectivity index (χ2n) is 5.91. The fourth-order valence-electron chi connectivity index (χ4n) is 1.70. The molecular weight excluding hydrogens is 272 g/mol. The number of imidazole rings is 1. The maximum Gasteiger partial charge on any atom is 0.407 e. The first-order valence-electron chi connectivity index (χ1n) is 6.98. The van der Waals surface area contributed by atoms with Gasteiger partial charge in [0.25, 0.3) is 0 Å². The van der Waals surface area contributed by atoms with E-state index in [4.69, 9.17) is 4.74 Å². The zero-order valence-corrected chi connectivity index (χ0v) is 13.0. The maximum absolute atomic E-state index is 11.7. The molecule has 0 spiro atoms. The monoisotopic (exact) mass is 296 g/mol. The van der Waals surface area contributed by atoms with Crippen LogP contribution in [-0.2, 0) is 16.1 Å². The highest BCUT2D eigenvalue weighted by Gasteiger charge is 2.16. The normalized spacial score (nSPS) is 12.6. The first-order chi connectivity index (χ1) is 9.76. The molecule has 0 aromatic carbocycles. The van der Waals surface area contributed by atoms with E-state index in [1.54, 1.807) is 33.3 Å². The molecule has 7 nitrogen and oxygen atoms in total. The van der Waals surface area contributed by atoms with Gasteiger partial charge in [-0.15, -0.1) is 0 Å². The van der Waals surface area contributed by atoms with Crippen molar-refractivity contribution in [3.8, 4) is 0 Å². The van der Waals surface area contributed by atoms with Gasteiger partial charge in [-0.25, -0.2) is 9.78 Å². The zero-order valence-electron chi connectivity index (χ0n) is 13.0. The molecule has 0 aliphatic carbocycles. The fourth-order valence-corrected chi connectivity index (χ4v) is 1.70. The predicted octanol–water partition coefficient (Wildman–Crippen LogP) is 1.30. The molecule has 0 bridgehead atoms. The maximum atomic E-state index is 11.7. The average molecular weight is 296 g/mol. The number of rotatable bonds is 6. The second-order valence-corrected chi connectivity index (χ2v) is 5.91. The Kier molecular flexibility index (Phi) is 6.20. The van der Waals surface area contributed by atoms with Crippen LogP contribution >= 0.6 is 0 Å². The van der Waals surface area contributed by atoms with E-state index in [1.165, 1.54) is 0 Å². The van der Waals surface area contributed by atoms with Crippen LogP contribution in [0.15, 0.2) is 18.7 Å². The summed E-state index contributed by atoms with van der Waals surface area (Å²) in [7, 11) is 0. The standard InChI is InChI=1S/C14H24N4O3/c1-11(9-18-8-7-15-10-18)17-12(19)5-6-16-13(20)21-14(2,3)4/h7-8,10-11H,5-6,9H2,1-4H3,(H,16,20)(H,17,19). The summed E-state index contributed by atoms with van der Waals surface area (Å²) in [5, 5.41) is 5.41. The Bertz CT molecular complexity index is 451.